The number of sulfonamides is 1. The van der Waals surface area contributed by atoms with Gasteiger partial charge < -0.3 is 5.11 Å². The van der Waals surface area contributed by atoms with Crippen molar-refractivity contribution >= 4 is 33.0 Å². The SMILES string of the molecule is O=C(O)c1csc(S(=O)(=O)N2CCc3ccc(F)cc32)c1. The van der Waals surface area contributed by atoms with Crippen LogP contribution in [-0.4, -0.2) is 26.0 Å². The normalized spacial score (nSPS) is 14.2. The van der Waals surface area contributed by atoms with E-state index in [0.717, 1.165) is 27.3 Å². The molecule has 1 N–H and O–H groups in total. The minimum Gasteiger partial charge on any atom is -0.478 e. The lowest BCUT2D eigenvalue weighted by Crippen LogP contribution is -2.28. The molecule has 1 aliphatic heterocycles. The van der Waals surface area contributed by atoms with E-state index in [1.54, 1.807) is 6.07 Å². The van der Waals surface area contributed by atoms with E-state index >= 15 is 0 Å². The summed E-state index contributed by atoms with van der Waals surface area (Å²) in [5, 5.41) is 10.1. The number of aromatic carboxylic acids is 1. The Labute approximate surface area is 124 Å². The topological polar surface area (TPSA) is 74.7 Å². The van der Waals surface area contributed by atoms with Crippen molar-refractivity contribution < 1.29 is 22.7 Å². The molecule has 21 heavy (non-hydrogen) atoms. The molecule has 0 spiro atoms. The Hall–Kier alpha value is -1.93. The molecular weight excluding hydrogens is 317 g/mol. The first kappa shape index (κ1) is 14.0. The second kappa shape index (κ2) is 4.81. The molecule has 0 fully saturated rings. The molecule has 8 heteroatoms. The van der Waals surface area contributed by atoms with Crippen molar-refractivity contribution in [3.63, 3.8) is 0 Å². The smallest absolute Gasteiger partial charge is 0.336 e. The number of hydrogen-bond acceptors (Lipinski definition) is 4. The first-order chi connectivity index (χ1) is 9.89. The average molecular weight is 327 g/mol. The van der Waals surface area contributed by atoms with Crippen LogP contribution in [-0.2, 0) is 16.4 Å². The Morgan fingerprint density at radius 2 is 2.10 bits per heavy atom. The van der Waals surface area contributed by atoms with E-state index < -0.39 is 21.8 Å². The quantitative estimate of drug-likeness (QED) is 0.939. The van der Waals surface area contributed by atoms with Crippen LogP contribution in [0.25, 0.3) is 0 Å². The Morgan fingerprint density at radius 3 is 2.76 bits per heavy atom. The van der Waals surface area contributed by atoms with Crippen LogP contribution in [0.2, 0.25) is 0 Å². The summed E-state index contributed by atoms with van der Waals surface area (Å²) in [5.41, 5.74) is 1.01. The number of carboxylic acid groups (broad SMARTS) is 1. The maximum absolute atomic E-state index is 13.3. The number of anilines is 1. The van der Waals surface area contributed by atoms with Crippen molar-refractivity contribution in [1.82, 2.24) is 0 Å². The van der Waals surface area contributed by atoms with E-state index in [2.05, 4.69) is 0 Å². The predicted molar refractivity (Wildman–Crippen MR) is 75.9 cm³/mol. The standard InChI is InChI=1S/C13H10FNO4S2/c14-10-2-1-8-3-4-15(11(8)6-10)21(18,19)12-5-9(7-20-12)13(16)17/h1-2,5-7H,3-4H2,(H,16,17). The molecule has 0 saturated carbocycles. The molecule has 0 radical (unpaired) electrons. The molecule has 0 unspecified atom stereocenters. The number of fused-ring (bicyclic) bond motifs is 1. The van der Waals surface area contributed by atoms with Crippen LogP contribution in [0, 0.1) is 5.82 Å². The highest BCUT2D eigenvalue weighted by atomic mass is 32.2. The summed E-state index contributed by atoms with van der Waals surface area (Å²) < 4.78 is 39.5. The minimum absolute atomic E-state index is 0.0583. The molecule has 0 saturated heterocycles. The first-order valence-electron chi connectivity index (χ1n) is 6.02. The number of carboxylic acids is 1. The molecule has 5 nitrogen and oxygen atoms in total. The molecular formula is C13H10FNO4S2. The van der Waals surface area contributed by atoms with Crippen LogP contribution < -0.4 is 4.31 Å². The fourth-order valence-corrected chi connectivity index (χ4v) is 5.01. The lowest BCUT2D eigenvalue weighted by molar-refractivity contribution is 0.0697. The molecule has 0 atom stereocenters. The van der Waals surface area contributed by atoms with Gasteiger partial charge in [0.25, 0.3) is 10.0 Å². The number of halogens is 1. The number of nitrogens with zero attached hydrogens (tertiary/aromatic N) is 1. The summed E-state index contributed by atoms with van der Waals surface area (Å²) >= 11 is 0.846. The molecule has 3 rings (SSSR count). The van der Waals surface area contributed by atoms with E-state index in [-0.39, 0.29) is 16.3 Å². The molecule has 1 aromatic heterocycles. The van der Waals surface area contributed by atoms with Gasteiger partial charge in [-0.05, 0) is 30.2 Å². The Balaban J connectivity index is 2.04. The minimum atomic E-state index is -3.86. The Bertz CT molecular complexity index is 828. The fourth-order valence-electron chi connectivity index (χ4n) is 2.25. The highest BCUT2D eigenvalue weighted by Crippen LogP contribution is 2.35. The molecule has 0 amide bonds. The van der Waals surface area contributed by atoms with Crippen LogP contribution in [0.4, 0.5) is 10.1 Å². The monoisotopic (exact) mass is 327 g/mol. The van der Waals surface area contributed by atoms with Crippen molar-refractivity contribution in [2.75, 3.05) is 10.8 Å². The van der Waals surface area contributed by atoms with Gasteiger partial charge in [-0.25, -0.2) is 17.6 Å². The van der Waals surface area contributed by atoms with Gasteiger partial charge in [0.05, 0.1) is 11.3 Å². The highest BCUT2D eigenvalue weighted by Gasteiger charge is 2.32. The molecule has 2 heterocycles. The highest BCUT2D eigenvalue weighted by molar-refractivity contribution is 7.94. The van der Waals surface area contributed by atoms with Gasteiger partial charge in [0.1, 0.15) is 10.0 Å². The third kappa shape index (κ3) is 2.30. The van der Waals surface area contributed by atoms with Gasteiger partial charge >= 0.3 is 5.97 Å². The van der Waals surface area contributed by atoms with Crippen LogP contribution in [0.1, 0.15) is 15.9 Å². The third-order valence-corrected chi connectivity index (χ3v) is 6.50. The van der Waals surface area contributed by atoms with Gasteiger partial charge in [-0.3, -0.25) is 4.31 Å². The van der Waals surface area contributed by atoms with Gasteiger partial charge in [0, 0.05) is 11.9 Å². The summed E-state index contributed by atoms with van der Waals surface area (Å²) in [5.74, 6) is -1.69. The zero-order valence-electron chi connectivity index (χ0n) is 10.6. The van der Waals surface area contributed by atoms with Crippen molar-refractivity contribution in [2.45, 2.75) is 10.6 Å². The summed E-state index contributed by atoms with van der Waals surface area (Å²) in [7, 11) is -3.86. The zero-order valence-corrected chi connectivity index (χ0v) is 12.2. The average Bonchev–Trinajstić information content (AvgIpc) is 3.05. The number of benzene rings is 1. The fraction of sp³-hybridized carbons (Fsp3) is 0.154. The summed E-state index contributed by atoms with van der Waals surface area (Å²) in [6.45, 7) is 0.224. The van der Waals surface area contributed by atoms with E-state index in [9.17, 15) is 17.6 Å². The van der Waals surface area contributed by atoms with E-state index in [1.807, 2.05) is 0 Å². The number of thiophene rings is 1. The van der Waals surface area contributed by atoms with Crippen molar-refractivity contribution in [2.24, 2.45) is 0 Å². The maximum atomic E-state index is 13.3. The molecule has 2 aromatic rings. The zero-order chi connectivity index (χ0) is 15.2. The molecule has 0 bridgehead atoms. The van der Waals surface area contributed by atoms with E-state index in [0.29, 0.717) is 12.1 Å². The lowest BCUT2D eigenvalue weighted by Gasteiger charge is -2.18. The summed E-state index contributed by atoms with van der Waals surface area (Å²) in [6, 6.07) is 5.17. The lowest BCUT2D eigenvalue weighted by atomic mass is 10.2. The van der Waals surface area contributed by atoms with Gasteiger partial charge in [0.2, 0.25) is 0 Å². The van der Waals surface area contributed by atoms with E-state index in [4.69, 9.17) is 5.11 Å². The van der Waals surface area contributed by atoms with Crippen LogP contribution in [0.5, 0.6) is 0 Å². The van der Waals surface area contributed by atoms with Crippen LogP contribution in [0.3, 0.4) is 0 Å². The summed E-state index contributed by atoms with van der Waals surface area (Å²) in [4.78, 5) is 10.9. The van der Waals surface area contributed by atoms with Crippen LogP contribution in [0.15, 0.2) is 33.9 Å². The van der Waals surface area contributed by atoms with E-state index in [1.165, 1.54) is 17.5 Å². The number of rotatable bonds is 3. The van der Waals surface area contributed by atoms with Crippen LogP contribution >= 0.6 is 11.3 Å². The number of carbonyl (C=O) groups is 1. The van der Waals surface area contributed by atoms with Gasteiger partial charge in [0.15, 0.2) is 0 Å². The predicted octanol–water partition coefficient (Wildman–Crippen LogP) is 2.34. The molecule has 1 aliphatic rings. The summed E-state index contributed by atoms with van der Waals surface area (Å²) in [6.07, 6.45) is 0.506. The largest absolute Gasteiger partial charge is 0.478 e. The molecule has 1 aromatic carbocycles. The Kier molecular flexibility index (Phi) is 3.22. The third-order valence-electron chi connectivity index (χ3n) is 3.27. The molecule has 0 aliphatic carbocycles. The van der Waals surface area contributed by atoms with Crippen molar-refractivity contribution in [1.29, 1.82) is 0 Å². The second-order valence-electron chi connectivity index (χ2n) is 4.56. The van der Waals surface area contributed by atoms with Crippen molar-refractivity contribution in [3.8, 4) is 0 Å². The van der Waals surface area contributed by atoms with Gasteiger partial charge in [-0.1, -0.05) is 6.07 Å². The van der Waals surface area contributed by atoms with Gasteiger partial charge in [-0.15, -0.1) is 11.3 Å². The van der Waals surface area contributed by atoms with Crippen molar-refractivity contribution in [3.05, 3.63) is 46.6 Å². The molecule has 110 valence electrons. The Morgan fingerprint density at radius 1 is 1.33 bits per heavy atom. The number of hydrogen-bond donors (Lipinski definition) is 1. The first-order valence-corrected chi connectivity index (χ1v) is 8.34. The maximum Gasteiger partial charge on any atom is 0.336 e. The van der Waals surface area contributed by atoms with Gasteiger partial charge in [-0.2, -0.15) is 0 Å². The second-order valence-corrected chi connectivity index (χ2v) is 7.56.